The van der Waals surface area contributed by atoms with Crippen LogP contribution in [0.25, 0.3) is 33.2 Å². The number of benzene rings is 2. The molecule has 4 N–H and O–H groups in total. The molecule has 0 aliphatic carbocycles. The molecule has 0 saturated heterocycles. The van der Waals surface area contributed by atoms with Gasteiger partial charge >= 0.3 is 0 Å². The number of nitrogens with zero attached hydrogens (tertiary/aromatic N) is 2. The number of para-hydroxylation sites is 1. The number of aromatic nitrogens is 3. The average molecular weight is 450 g/mol. The SMILES string of the molecule is CC(=O)O.Cc1c(-c2nc3c4c(ccc3[nH]c2=O)OCCO4)c2ccccc2n1CCCN. The molecule has 3 heterocycles. The molecule has 2 aromatic carbocycles. The Bertz CT molecular complexity index is 1390. The number of aryl methyl sites for hydroxylation is 1. The van der Waals surface area contributed by atoms with Crippen LogP contribution in [0, 0.1) is 6.92 Å². The number of aromatic amines is 1. The van der Waals surface area contributed by atoms with Gasteiger partial charge in [-0.15, -0.1) is 0 Å². The second-order valence-corrected chi connectivity index (χ2v) is 7.69. The van der Waals surface area contributed by atoms with E-state index in [1.165, 1.54) is 0 Å². The van der Waals surface area contributed by atoms with Crippen LogP contribution < -0.4 is 20.8 Å². The second-order valence-electron chi connectivity index (χ2n) is 7.69. The van der Waals surface area contributed by atoms with Gasteiger partial charge in [0.05, 0.1) is 5.52 Å². The predicted octanol–water partition coefficient (Wildman–Crippen LogP) is 3.06. The number of hydrogen-bond acceptors (Lipinski definition) is 6. The average Bonchev–Trinajstić information content (AvgIpc) is 3.07. The van der Waals surface area contributed by atoms with Crippen LogP contribution in [-0.4, -0.2) is 45.4 Å². The van der Waals surface area contributed by atoms with E-state index in [0.29, 0.717) is 48.0 Å². The van der Waals surface area contributed by atoms with Gasteiger partial charge in [0.2, 0.25) is 0 Å². The number of nitrogens with two attached hydrogens (primary N) is 1. The van der Waals surface area contributed by atoms with E-state index >= 15 is 0 Å². The molecule has 0 spiro atoms. The van der Waals surface area contributed by atoms with Crippen molar-refractivity contribution >= 4 is 27.9 Å². The molecule has 5 rings (SSSR count). The van der Waals surface area contributed by atoms with Crippen molar-refractivity contribution in [2.45, 2.75) is 26.8 Å². The topological polar surface area (TPSA) is 132 Å². The molecule has 1 aliphatic heterocycles. The van der Waals surface area contributed by atoms with Crippen molar-refractivity contribution in [3.63, 3.8) is 0 Å². The lowest BCUT2D eigenvalue weighted by Gasteiger charge is -2.19. The molecule has 0 unspecified atom stereocenters. The van der Waals surface area contributed by atoms with Gasteiger partial charge in [0, 0.05) is 35.6 Å². The van der Waals surface area contributed by atoms with Crippen LogP contribution in [0.4, 0.5) is 0 Å². The van der Waals surface area contributed by atoms with Crippen LogP contribution in [0.2, 0.25) is 0 Å². The molecule has 2 aromatic heterocycles. The van der Waals surface area contributed by atoms with Crippen LogP contribution in [0.15, 0.2) is 41.2 Å². The van der Waals surface area contributed by atoms with Gasteiger partial charge in [-0.1, -0.05) is 18.2 Å². The summed E-state index contributed by atoms with van der Waals surface area (Å²) in [6.07, 6.45) is 0.860. The van der Waals surface area contributed by atoms with Crippen LogP contribution >= 0.6 is 0 Å². The molecule has 0 amide bonds. The number of ether oxygens (including phenoxy) is 2. The minimum atomic E-state index is -0.833. The summed E-state index contributed by atoms with van der Waals surface area (Å²) < 4.78 is 13.7. The van der Waals surface area contributed by atoms with Gasteiger partial charge in [-0.25, -0.2) is 4.98 Å². The lowest BCUT2D eigenvalue weighted by molar-refractivity contribution is -0.134. The van der Waals surface area contributed by atoms with Gasteiger partial charge in [0.15, 0.2) is 11.5 Å². The highest BCUT2D eigenvalue weighted by atomic mass is 16.6. The smallest absolute Gasteiger partial charge is 0.300 e. The van der Waals surface area contributed by atoms with Crippen LogP contribution in [0.3, 0.4) is 0 Å². The van der Waals surface area contributed by atoms with Crippen LogP contribution in [-0.2, 0) is 11.3 Å². The number of fused-ring (bicyclic) bond motifs is 4. The molecule has 9 heteroatoms. The highest BCUT2D eigenvalue weighted by molar-refractivity contribution is 5.98. The first kappa shape index (κ1) is 22.3. The number of carboxylic acid groups (broad SMARTS) is 1. The Hall–Kier alpha value is -3.85. The van der Waals surface area contributed by atoms with Crippen molar-refractivity contribution < 1.29 is 19.4 Å². The summed E-state index contributed by atoms with van der Waals surface area (Å²) >= 11 is 0. The summed E-state index contributed by atoms with van der Waals surface area (Å²) in [5, 5.41) is 8.42. The number of nitrogens with one attached hydrogen (secondary N) is 1. The molecule has 0 atom stereocenters. The summed E-state index contributed by atoms with van der Waals surface area (Å²) in [6.45, 7) is 5.47. The van der Waals surface area contributed by atoms with Gasteiger partial charge in [-0.05, 0) is 38.1 Å². The third-order valence-corrected chi connectivity index (χ3v) is 5.42. The van der Waals surface area contributed by atoms with Crippen molar-refractivity contribution in [1.82, 2.24) is 14.5 Å². The largest absolute Gasteiger partial charge is 0.486 e. The summed E-state index contributed by atoms with van der Waals surface area (Å²) in [4.78, 5) is 29.7. The third kappa shape index (κ3) is 4.27. The standard InChI is InChI=1S/C22H22N4O3.C2H4O2/c1-13-18(14-5-2-3-6-16(14)26(13)10-4-9-23)20-22(27)24-15-7-8-17-21(19(15)25-20)29-12-11-28-17;1-2(3)4/h2-3,5-8H,4,9-12,23H2,1H3,(H,24,27);1H3,(H,3,4). The first-order valence-electron chi connectivity index (χ1n) is 10.7. The first-order valence-corrected chi connectivity index (χ1v) is 10.7. The minimum Gasteiger partial charge on any atom is -0.486 e. The van der Waals surface area contributed by atoms with E-state index in [2.05, 4.69) is 15.6 Å². The number of aliphatic carboxylic acids is 1. The zero-order chi connectivity index (χ0) is 23.5. The Morgan fingerprint density at radius 1 is 1.21 bits per heavy atom. The number of carbonyl (C=O) groups is 1. The van der Waals surface area contributed by atoms with Crippen molar-refractivity contribution in [1.29, 1.82) is 0 Å². The molecule has 0 bridgehead atoms. The van der Waals surface area contributed by atoms with Gasteiger partial charge < -0.3 is 29.9 Å². The molecular weight excluding hydrogens is 424 g/mol. The van der Waals surface area contributed by atoms with E-state index in [4.69, 9.17) is 30.1 Å². The monoisotopic (exact) mass is 450 g/mol. The maximum atomic E-state index is 13.0. The Kier molecular flexibility index (Phi) is 6.32. The maximum absolute atomic E-state index is 13.0. The highest BCUT2D eigenvalue weighted by Gasteiger charge is 2.22. The summed E-state index contributed by atoms with van der Waals surface area (Å²) in [5.41, 5.74) is 10.1. The predicted molar refractivity (Wildman–Crippen MR) is 126 cm³/mol. The zero-order valence-corrected chi connectivity index (χ0v) is 18.6. The lowest BCUT2D eigenvalue weighted by Crippen LogP contribution is -2.17. The molecule has 9 nitrogen and oxygen atoms in total. The van der Waals surface area contributed by atoms with Gasteiger partial charge in [0.25, 0.3) is 11.5 Å². The minimum absolute atomic E-state index is 0.223. The Balaban J connectivity index is 0.000000601. The van der Waals surface area contributed by atoms with Crippen molar-refractivity contribution in [2.75, 3.05) is 19.8 Å². The van der Waals surface area contributed by atoms with Crippen molar-refractivity contribution in [2.24, 2.45) is 5.73 Å². The zero-order valence-electron chi connectivity index (χ0n) is 18.6. The second kappa shape index (κ2) is 9.33. The Morgan fingerprint density at radius 3 is 2.70 bits per heavy atom. The van der Waals surface area contributed by atoms with E-state index in [-0.39, 0.29) is 5.56 Å². The van der Waals surface area contributed by atoms with E-state index in [1.54, 1.807) is 12.1 Å². The normalized spacial score (nSPS) is 12.5. The van der Waals surface area contributed by atoms with Gasteiger partial charge in [-0.2, -0.15) is 0 Å². The summed E-state index contributed by atoms with van der Waals surface area (Å²) in [5.74, 6) is 0.395. The highest BCUT2D eigenvalue weighted by Crippen LogP contribution is 2.38. The summed E-state index contributed by atoms with van der Waals surface area (Å²) in [7, 11) is 0. The Morgan fingerprint density at radius 2 is 1.94 bits per heavy atom. The van der Waals surface area contributed by atoms with E-state index in [9.17, 15) is 4.79 Å². The van der Waals surface area contributed by atoms with Crippen molar-refractivity contribution in [3.05, 3.63) is 52.4 Å². The molecule has 1 aliphatic rings. The third-order valence-electron chi connectivity index (χ3n) is 5.42. The van der Waals surface area contributed by atoms with Crippen LogP contribution in [0.1, 0.15) is 19.0 Å². The fourth-order valence-electron chi connectivity index (χ4n) is 4.09. The molecule has 33 heavy (non-hydrogen) atoms. The quantitative estimate of drug-likeness (QED) is 0.435. The van der Waals surface area contributed by atoms with E-state index in [0.717, 1.165) is 42.0 Å². The number of carboxylic acids is 1. The number of H-pyrrole nitrogens is 1. The first-order chi connectivity index (χ1) is 15.9. The molecular formula is C24H26N4O5. The Labute approximate surface area is 189 Å². The van der Waals surface area contributed by atoms with Gasteiger partial charge in [0.1, 0.15) is 24.4 Å². The van der Waals surface area contributed by atoms with Crippen molar-refractivity contribution in [3.8, 4) is 22.8 Å². The van der Waals surface area contributed by atoms with Crippen LogP contribution in [0.5, 0.6) is 11.5 Å². The number of hydrogen-bond donors (Lipinski definition) is 3. The fourth-order valence-corrected chi connectivity index (χ4v) is 4.09. The summed E-state index contributed by atoms with van der Waals surface area (Å²) in [6, 6.07) is 11.7. The molecule has 4 aromatic rings. The fraction of sp³-hybridized carbons (Fsp3) is 0.292. The van der Waals surface area contributed by atoms with E-state index < -0.39 is 5.97 Å². The number of rotatable bonds is 4. The van der Waals surface area contributed by atoms with E-state index in [1.807, 2.05) is 25.1 Å². The lowest BCUT2D eigenvalue weighted by atomic mass is 10.1. The molecule has 172 valence electrons. The molecule has 0 fully saturated rings. The molecule has 0 saturated carbocycles. The van der Waals surface area contributed by atoms with Gasteiger partial charge in [-0.3, -0.25) is 9.59 Å². The molecule has 0 radical (unpaired) electrons. The maximum Gasteiger partial charge on any atom is 0.300 e.